The molecule has 0 aliphatic heterocycles. The number of anilines is 1. The second-order valence-corrected chi connectivity index (χ2v) is 7.88. The number of hydrogen-bond acceptors (Lipinski definition) is 6. The molecule has 2 heterocycles. The van der Waals surface area contributed by atoms with Gasteiger partial charge in [-0.05, 0) is 31.2 Å². The van der Waals surface area contributed by atoms with E-state index in [2.05, 4.69) is 15.3 Å². The third-order valence-corrected chi connectivity index (χ3v) is 6.10. The van der Waals surface area contributed by atoms with Crippen LogP contribution >= 0.6 is 22.7 Å². The molecule has 1 amide bonds. The highest BCUT2D eigenvalue weighted by Crippen LogP contribution is 2.30. The van der Waals surface area contributed by atoms with Crippen molar-refractivity contribution >= 4 is 33.7 Å². The molecular formula is C21H17N3O2S2. The van der Waals surface area contributed by atoms with Crippen LogP contribution in [0.5, 0.6) is 5.75 Å². The molecule has 0 radical (unpaired) electrons. The molecule has 0 saturated heterocycles. The highest BCUT2D eigenvalue weighted by molar-refractivity contribution is 7.17. The zero-order valence-electron chi connectivity index (χ0n) is 15.3. The average molecular weight is 408 g/mol. The zero-order valence-corrected chi connectivity index (χ0v) is 16.9. The van der Waals surface area contributed by atoms with E-state index >= 15 is 0 Å². The second-order valence-electron chi connectivity index (χ2n) is 6.02. The molecule has 4 aromatic rings. The van der Waals surface area contributed by atoms with Crippen molar-refractivity contribution in [3.63, 3.8) is 0 Å². The summed E-state index contributed by atoms with van der Waals surface area (Å²) in [5, 5.41) is 6.21. The Balaban J connectivity index is 1.51. The molecule has 0 aliphatic carbocycles. The highest BCUT2D eigenvalue weighted by Gasteiger charge is 2.17. The molecule has 2 aromatic heterocycles. The summed E-state index contributed by atoms with van der Waals surface area (Å²) in [6.07, 6.45) is 0. The Labute approximate surface area is 170 Å². The summed E-state index contributed by atoms with van der Waals surface area (Å²) in [5.41, 5.74) is 3.51. The number of aryl methyl sites for hydroxylation is 1. The first-order chi connectivity index (χ1) is 13.6. The lowest BCUT2D eigenvalue weighted by Gasteiger charge is -2.01. The molecule has 0 aliphatic rings. The highest BCUT2D eigenvalue weighted by atomic mass is 32.1. The Bertz CT molecular complexity index is 1100. The SMILES string of the molecule is COc1ccc(-c2csc(NC(=O)c3sc(-c4ccccc4)nc3C)n2)cc1. The van der Waals surface area contributed by atoms with Gasteiger partial charge < -0.3 is 4.74 Å². The number of benzene rings is 2. The molecule has 0 saturated carbocycles. The molecule has 2 aromatic carbocycles. The minimum atomic E-state index is -0.187. The molecule has 5 nitrogen and oxygen atoms in total. The van der Waals surface area contributed by atoms with Crippen LogP contribution in [-0.4, -0.2) is 23.0 Å². The first-order valence-corrected chi connectivity index (χ1v) is 10.3. The number of ether oxygens (including phenoxy) is 1. The maximum absolute atomic E-state index is 12.7. The minimum absolute atomic E-state index is 0.187. The molecule has 0 unspecified atom stereocenters. The molecular weight excluding hydrogens is 390 g/mol. The van der Waals surface area contributed by atoms with Gasteiger partial charge in [-0.3, -0.25) is 10.1 Å². The number of carbonyl (C=O) groups excluding carboxylic acids is 1. The fourth-order valence-corrected chi connectivity index (χ4v) is 4.37. The first-order valence-electron chi connectivity index (χ1n) is 8.58. The summed E-state index contributed by atoms with van der Waals surface area (Å²) >= 11 is 2.78. The Morgan fingerprint density at radius 1 is 1.00 bits per heavy atom. The van der Waals surface area contributed by atoms with Crippen molar-refractivity contribution in [2.45, 2.75) is 6.92 Å². The van der Waals surface area contributed by atoms with E-state index in [0.29, 0.717) is 15.7 Å². The summed E-state index contributed by atoms with van der Waals surface area (Å²) in [6, 6.07) is 17.5. The van der Waals surface area contributed by atoms with Gasteiger partial charge in [0.05, 0.1) is 18.5 Å². The molecule has 0 atom stereocenters. The number of nitrogens with one attached hydrogen (secondary N) is 1. The van der Waals surface area contributed by atoms with Gasteiger partial charge in [-0.25, -0.2) is 9.97 Å². The van der Waals surface area contributed by atoms with Crippen molar-refractivity contribution in [1.29, 1.82) is 0 Å². The number of thiazole rings is 2. The number of aromatic nitrogens is 2. The van der Waals surface area contributed by atoms with Crippen molar-refractivity contribution in [2.75, 3.05) is 12.4 Å². The quantitative estimate of drug-likeness (QED) is 0.474. The van der Waals surface area contributed by atoms with E-state index < -0.39 is 0 Å². The number of hydrogen-bond donors (Lipinski definition) is 1. The monoisotopic (exact) mass is 407 g/mol. The van der Waals surface area contributed by atoms with E-state index in [1.54, 1.807) is 7.11 Å². The van der Waals surface area contributed by atoms with Gasteiger partial charge in [-0.2, -0.15) is 0 Å². The number of rotatable bonds is 5. The molecule has 0 bridgehead atoms. The summed E-state index contributed by atoms with van der Waals surface area (Å²) < 4.78 is 5.18. The standard InChI is InChI=1S/C21H17N3O2S2/c1-13-18(28-20(22-13)15-6-4-3-5-7-15)19(25)24-21-23-17(12-27-21)14-8-10-16(26-2)11-9-14/h3-12H,1-2H3,(H,23,24,25). The van der Waals surface area contributed by atoms with Crippen LogP contribution in [0.2, 0.25) is 0 Å². The Hall–Kier alpha value is -3.03. The molecule has 28 heavy (non-hydrogen) atoms. The predicted octanol–water partition coefficient (Wildman–Crippen LogP) is 5.50. The van der Waals surface area contributed by atoms with Crippen LogP contribution in [-0.2, 0) is 0 Å². The molecule has 0 spiro atoms. The van der Waals surface area contributed by atoms with Crippen molar-refractivity contribution in [1.82, 2.24) is 9.97 Å². The lowest BCUT2D eigenvalue weighted by molar-refractivity contribution is 0.103. The van der Waals surface area contributed by atoms with E-state index in [-0.39, 0.29) is 5.91 Å². The molecule has 140 valence electrons. The Kier molecular flexibility index (Phi) is 5.18. The van der Waals surface area contributed by atoms with Gasteiger partial charge in [-0.15, -0.1) is 22.7 Å². The van der Waals surface area contributed by atoms with Crippen LogP contribution in [0.25, 0.3) is 21.8 Å². The van der Waals surface area contributed by atoms with Gasteiger partial charge in [0.25, 0.3) is 5.91 Å². The van der Waals surface area contributed by atoms with Gasteiger partial charge in [0, 0.05) is 16.5 Å². The summed E-state index contributed by atoms with van der Waals surface area (Å²) in [6.45, 7) is 1.85. The van der Waals surface area contributed by atoms with Crippen molar-refractivity contribution in [2.24, 2.45) is 0 Å². The van der Waals surface area contributed by atoms with E-state index in [1.807, 2.05) is 66.9 Å². The van der Waals surface area contributed by atoms with Crippen LogP contribution in [0.4, 0.5) is 5.13 Å². The fourth-order valence-electron chi connectivity index (χ4n) is 2.69. The molecule has 0 fully saturated rings. The van der Waals surface area contributed by atoms with Gasteiger partial charge in [-0.1, -0.05) is 30.3 Å². The third-order valence-electron chi connectivity index (χ3n) is 4.13. The summed E-state index contributed by atoms with van der Waals surface area (Å²) in [5.74, 6) is 0.607. The summed E-state index contributed by atoms with van der Waals surface area (Å²) in [4.78, 5) is 22.4. The van der Waals surface area contributed by atoms with Crippen LogP contribution in [0.1, 0.15) is 15.4 Å². The normalized spacial score (nSPS) is 10.6. The van der Waals surface area contributed by atoms with E-state index in [9.17, 15) is 4.79 Å². The Morgan fingerprint density at radius 2 is 1.75 bits per heavy atom. The van der Waals surface area contributed by atoms with Crippen molar-refractivity contribution in [3.05, 3.63) is 70.5 Å². The maximum atomic E-state index is 12.7. The van der Waals surface area contributed by atoms with E-state index in [1.165, 1.54) is 22.7 Å². The Morgan fingerprint density at radius 3 is 2.46 bits per heavy atom. The third kappa shape index (κ3) is 3.81. The molecule has 7 heteroatoms. The largest absolute Gasteiger partial charge is 0.497 e. The topological polar surface area (TPSA) is 64.1 Å². The predicted molar refractivity (Wildman–Crippen MR) is 114 cm³/mol. The number of nitrogens with zero attached hydrogens (tertiary/aromatic N) is 2. The van der Waals surface area contributed by atoms with Crippen LogP contribution < -0.4 is 10.1 Å². The number of carbonyl (C=O) groups is 1. The number of amides is 1. The maximum Gasteiger partial charge on any atom is 0.269 e. The summed E-state index contributed by atoms with van der Waals surface area (Å²) in [7, 11) is 1.64. The van der Waals surface area contributed by atoms with Crippen molar-refractivity contribution in [3.8, 4) is 27.6 Å². The second kappa shape index (κ2) is 7.92. The van der Waals surface area contributed by atoms with Gasteiger partial charge in [0.1, 0.15) is 15.6 Å². The zero-order chi connectivity index (χ0) is 19.5. The smallest absolute Gasteiger partial charge is 0.269 e. The number of methoxy groups -OCH3 is 1. The van der Waals surface area contributed by atoms with Gasteiger partial charge in [0.2, 0.25) is 0 Å². The van der Waals surface area contributed by atoms with Crippen LogP contribution in [0.3, 0.4) is 0 Å². The lowest BCUT2D eigenvalue weighted by atomic mass is 10.2. The molecule has 4 rings (SSSR count). The van der Waals surface area contributed by atoms with E-state index in [0.717, 1.165) is 27.6 Å². The lowest BCUT2D eigenvalue weighted by Crippen LogP contribution is -2.11. The average Bonchev–Trinajstić information content (AvgIpc) is 3.35. The first kappa shape index (κ1) is 18.3. The molecule has 1 N–H and O–H groups in total. The van der Waals surface area contributed by atoms with Crippen molar-refractivity contribution < 1.29 is 9.53 Å². The van der Waals surface area contributed by atoms with E-state index in [4.69, 9.17) is 4.74 Å². The minimum Gasteiger partial charge on any atom is -0.497 e. The van der Waals surface area contributed by atoms with Gasteiger partial charge >= 0.3 is 0 Å². The fraction of sp³-hybridized carbons (Fsp3) is 0.0952. The van der Waals surface area contributed by atoms with Crippen LogP contribution in [0.15, 0.2) is 60.0 Å². The van der Waals surface area contributed by atoms with Crippen LogP contribution in [0, 0.1) is 6.92 Å². The van der Waals surface area contributed by atoms with Gasteiger partial charge in [0.15, 0.2) is 5.13 Å².